The normalized spacial score (nSPS) is 21.2. The smallest absolute Gasteiger partial charge is 0.246 e. The van der Waals surface area contributed by atoms with Crippen molar-refractivity contribution in [3.8, 4) is 11.4 Å². The third-order valence-corrected chi connectivity index (χ3v) is 6.05. The summed E-state index contributed by atoms with van der Waals surface area (Å²) in [5.74, 6) is -0.0610. The first-order valence-corrected chi connectivity index (χ1v) is 9.85. The highest BCUT2D eigenvalue weighted by atomic mass is 19.1. The summed E-state index contributed by atoms with van der Waals surface area (Å²) < 4.78 is 16.3. The highest BCUT2D eigenvalue weighted by Crippen LogP contribution is 2.44. The molecular formula is C21H23FN4O2. The second kappa shape index (κ2) is 6.44. The molecule has 2 aromatic rings. The zero-order valence-electron chi connectivity index (χ0n) is 15.6. The van der Waals surface area contributed by atoms with Crippen LogP contribution in [-0.2, 0) is 17.6 Å². The molecule has 1 fully saturated rings. The number of hydrogen-bond acceptors (Lipinski definition) is 4. The van der Waals surface area contributed by atoms with Crippen molar-refractivity contribution >= 4 is 5.91 Å². The van der Waals surface area contributed by atoms with Crippen LogP contribution in [0.4, 0.5) is 4.39 Å². The van der Waals surface area contributed by atoms with Gasteiger partial charge in [-0.05, 0) is 36.5 Å². The second-order valence-corrected chi connectivity index (χ2v) is 7.85. The third-order valence-electron chi connectivity index (χ3n) is 6.05. The van der Waals surface area contributed by atoms with Crippen LogP contribution < -0.4 is 5.32 Å². The summed E-state index contributed by atoms with van der Waals surface area (Å²) in [6.45, 7) is 5.44. The maximum Gasteiger partial charge on any atom is 0.246 e. The molecule has 146 valence electrons. The van der Waals surface area contributed by atoms with Crippen molar-refractivity contribution in [1.82, 2.24) is 20.0 Å². The van der Waals surface area contributed by atoms with Crippen molar-refractivity contribution in [3.63, 3.8) is 0 Å². The zero-order chi connectivity index (χ0) is 19.4. The number of phenolic OH excluding ortho intramolecular Hbond substituents is 1. The highest BCUT2D eigenvalue weighted by Gasteiger charge is 2.34. The molecule has 0 bridgehead atoms. The molecule has 1 aromatic heterocycles. The monoisotopic (exact) mass is 382 g/mol. The van der Waals surface area contributed by atoms with E-state index in [4.69, 9.17) is 5.10 Å². The van der Waals surface area contributed by atoms with E-state index in [-0.39, 0.29) is 29.4 Å². The second-order valence-electron chi connectivity index (χ2n) is 7.85. The van der Waals surface area contributed by atoms with Gasteiger partial charge in [0.2, 0.25) is 5.91 Å². The average molecular weight is 382 g/mol. The average Bonchev–Trinajstić information content (AvgIpc) is 3.49. The van der Waals surface area contributed by atoms with Crippen LogP contribution in [0.5, 0.6) is 5.75 Å². The van der Waals surface area contributed by atoms with Crippen LogP contribution in [0.15, 0.2) is 24.8 Å². The first kappa shape index (κ1) is 17.4. The molecule has 1 unspecified atom stereocenters. The molecule has 1 aliphatic carbocycles. The largest absolute Gasteiger partial charge is 0.506 e. The van der Waals surface area contributed by atoms with E-state index in [0.29, 0.717) is 30.8 Å². The molecule has 1 amide bonds. The predicted octanol–water partition coefficient (Wildman–Crippen LogP) is 2.35. The van der Waals surface area contributed by atoms with Gasteiger partial charge in [-0.2, -0.15) is 5.10 Å². The fourth-order valence-corrected chi connectivity index (χ4v) is 4.49. The van der Waals surface area contributed by atoms with Crippen LogP contribution in [0.25, 0.3) is 5.69 Å². The summed E-state index contributed by atoms with van der Waals surface area (Å²) in [7, 11) is 0. The van der Waals surface area contributed by atoms with E-state index in [1.165, 1.54) is 12.1 Å². The number of benzene rings is 1. The Morgan fingerprint density at radius 2 is 2.18 bits per heavy atom. The lowest BCUT2D eigenvalue weighted by Crippen LogP contribution is -2.40. The molecule has 3 aliphatic rings. The van der Waals surface area contributed by atoms with Gasteiger partial charge in [-0.15, -0.1) is 0 Å². The summed E-state index contributed by atoms with van der Waals surface area (Å²) in [6.07, 6.45) is 4.65. The molecule has 28 heavy (non-hydrogen) atoms. The Bertz CT molecular complexity index is 979. The molecule has 7 heteroatoms. The lowest BCUT2D eigenvalue weighted by atomic mass is 9.98. The van der Waals surface area contributed by atoms with E-state index < -0.39 is 0 Å². The van der Waals surface area contributed by atoms with E-state index in [0.717, 1.165) is 42.8 Å². The number of hydrogen-bond donors (Lipinski definition) is 2. The molecule has 5 rings (SSSR count). The standard InChI is InChI=1S/C21H23FN4O2/c1-2-20(28)25-8-6-15-21-16(11-25)23-7-5-17(21)26(24-15)18-10-14(22)13(9-19(18)27)12-3-4-12/h2,9-10,12,16,23,27H,1,3-8,11H2. The minimum atomic E-state index is -0.276. The SMILES string of the molecule is C=CC(=O)N1CCc2nn(-c3cc(F)c(C4CC4)cc3O)c3c2C(C1)NCC3. The minimum Gasteiger partial charge on any atom is -0.506 e. The van der Waals surface area contributed by atoms with Gasteiger partial charge in [-0.25, -0.2) is 9.07 Å². The summed E-state index contributed by atoms with van der Waals surface area (Å²) in [4.78, 5) is 13.9. The quantitative estimate of drug-likeness (QED) is 0.800. The van der Waals surface area contributed by atoms with Crippen molar-refractivity contribution in [2.24, 2.45) is 0 Å². The van der Waals surface area contributed by atoms with Crippen LogP contribution >= 0.6 is 0 Å². The van der Waals surface area contributed by atoms with Gasteiger partial charge >= 0.3 is 0 Å². The van der Waals surface area contributed by atoms with Gasteiger partial charge in [0.25, 0.3) is 0 Å². The molecule has 0 spiro atoms. The van der Waals surface area contributed by atoms with Crippen LogP contribution in [0.2, 0.25) is 0 Å². The first-order valence-electron chi connectivity index (χ1n) is 9.85. The van der Waals surface area contributed by atoms with E-state index in [1.54, 1.807) is 15.6 Å². The van der Waals surface area contributed by atoms with Crippen LogP contribution in [0.3, 0.4) is 0 Å². The van der Waals surface area contributed by atoms with E-state index in [9.17, 15) is 14.3 Å². The number of carbonyl (C=O) groups is 1. The zero-order valence-corrected chi connectivity index (χ0v) is 15.6. The number of carbonyl (C=O) groups excluding carboxylic acids is 1. The summed E-state index contributed by atoms with van der Waals surface area (Å²) in [6, 6.07) is 2.96. The van der Waals surface area contributed by atoms with Crippen molar-refractivity contribution in [1.29, 1.82) is 0 Å². The summed E-state index contributed by atoms with van der Waals surface area (Å²) in [5.41, 5.74) is 3.96. The van der Waals surface area contributed by atoms with Crippen molar-refractivity contribution in [2.75, 3.05) is 19.6 Å². The predicted molar refractivity (Wildman–Crippen MR) is 102 cm³/mol. The molecule has 6 nitrogen and oxygen atoms in total. The number of phenols is 1. The van der Waals surface area contributed by atoms with Gasteiger partial charge in [0.15, 0.2) is 0 Å². The van der Waals surface area contributed by atoms with Crippen LogP contribution in [0, 0.1) is 5.82 Å². The number of halogens is 1. The Morgan fingerprint density at radius 3 is 2.93 bits per heavy atom. The van der Waals surface area contributed by atoms with Gasteiger partial charge in [0, 0.05) is 44.1 Å². The molecule has 1 atom stereocenters. The molecule has 1 aromatic carbocycles. The Kier molecular flexibility index (Phi) is 4.01. The molecular weight excluding hydrogens is 359 g/mol. The number of amides is 1. The fourth-order valence-electron chi connectivity index (χ4n) is 4.49. The number of nitrogens with one attached hydrogen (secondary N) is 1. The van der Waals surface area contributed by atoms with E-state index in [1.807, 2.05) is 0 Å². The third kappa shape index (κ3) is 2.73. The lowest BCUT2D eigenvalue weighted by molar-refractivity contribution is -0.126. The highest BCUT2D eigenvalue weighted by molar-refractivity contribution is 5.87. The van der Waals surface area contributed by atoms with Gasteiger partial charge in [0.05, 0.1) is 17.4 Å². The molecule has 3 heterocycles. The number of aromatic hydroxyl groups is 1. The number of rotatable bonds is 3. The number of nitrogens with zero attached hydrogens (tertiary/aromatic N) is 3. The van der Waals surface area contributed by atoms with Gasteiger partial charge in [-0.1, -0.05) is 6.58 Å². The van der Waals surface area contributed by atoms with Crippen molar-refractivity contribution in [3.05, 3.63) is 53.1 Å². The van der Waals surface area contributed by atoms with Crippen molar-refractivity contribution < 1.29 is 14.3 Å². The number of aromatic nitrogens is 2. The summed E-state index contributed by atoms with van der Waals surface area (Å²) >= 11 is 0. The first-order chi connectivity index (χ1) is 13.6. The van der Waals surface area contributed by atoms with Crippen LogP contribution in [-0.4, -0.2) is 45.3 Å². The molecule has 0 saturated heterocycles. The molecule has 0 radical (unpaired) electrons. The maximum atomic E-state index is 14.6. The van der Waals surface area contributed by atoms with Gasteiger partial charge in [0.1, 0.15) is 17.3 Å². The van der Waals surface area contributed by atoms with E-state index >= 15 is 0 Å². The summed E-state index contributed by atoms with van der Waals surface area (Å²) in [5, 5.41) is 18.8. The lowest BCUT2D eigenvalue weighted by Gasteiger charge is -2.28. The maximum absolute atomic E-state index is 14.6. The molecule has 2 aliphatic heterocycles. The minimum absolute atomic E-state index is 0.0170. The topological polar surface area (TPSA) is 70.4 Å². The molecule has 2 N–H and O–H groups in total. The van der Waals surface area contributed by atoms with Gasteiger partial charge < -0.3 is 15.3 Å². The Hall–Kier alpha value is -2.67. The fraction of sp³-hybridized carbons (Fsp3) is 0.429. The Morgan fingerprint density at radius 1 is 1.36 bits per heavy atom. The van der Waals surface area contributed by atoms with Gasteiger partial charge in [-0.3, -0.25) is 4.79 Å². The Labute approximate surface area is 162 Å². The van der Waals surface area contributed by atoms with Crippen molar-refractivity contribution in [2.45, 2.75) is 37.6 Å². The Balaban J connectivity index is 1.57. The van der Waals surface area contributed by atoms with Crippen LogP contribution in [0.1, 0.15) is 47.3 Å². The van der Waals surface area contributed by atoms with E-state index in [2.05, 4.69) is 11.9 Å². The molecule has 1 saturated carbocycles.